The van der Waals surface area contributed by atoms with Gasteiger partial charge in [0.1, 0.15) is 5.37 Å². The molecule has 0 amide bonds. The molecule has 1 aromatic heterocycles. The topological polar surface area (TPSA) is 79.3 Å². The van der Waals surface area contributed by atoms with Gasteiger partial charge in [0.05, 0.1) is 0 Å². The molecule has 1 aliphatic heterocycles. The molecule has 0 spiro atoms. The lowest BCUT2D eigenvalue weighted by atomic mass is 10.5. The first-order valence-electron chi connectivity index (χ1n) is 5.91. The van der Waals surface area contributed by atoms with Crippen molar-refractivity contribution in [2.24, 2.45) is 0 Å². The van der Waals surface area contributed by atoms with E-state index in [0.29, 0.717) is 24.2 Å². The van der Waals surface area contributed by atoms with E-state index < -0.39 is 15.2 Å². The fourth-order valence-corrected chi connectivity index (χ4v) is 4.79. The van der Waals surface area contributed by atoms with Crippen LogP contribution in [-0.2, 0) is 9.84 Å². The minimum absolute atomic E-state index is 0.0594. The Hall–Kier alpha value is -0.800. The van der Waals surface area contributed by atoms with Gasteiger partial charge in [0, 0.05) is 38.4 Å². The summed E-state index contributed by atoms with van der Waals surface area (Å²) < 4.78 is 23.8. The van der Waals surface area contributed by atoms with Crippen LogP contribution in [0.25, 0.3) is 0 Å². The summed E-state index contributed by atoms with van der Waals surface area (Å²) in [6, 6.07) is 0. The second kappa shape index (κ2) is 5.90. The standard InChI is InChI=1S/C10H16ClN5O2S2/c1-15(2)9-12-8(11)13-10(14-9)16-4-5-19-6-7(16)20(3,17)18/h7H,4-6H2,1-3H3. The van der Waals surface area contributed by atoms with Crippen LogP contribution in [0.5, 0.6) is 0 Å². The molecular weight excluding hydrogens is 322 g/mol. The van der Waals surface area contributed by atoms with Crippen LogP contribution in [0.4, 0.5) is 11.9 Å². The highest BCUT2D eigenvalue weighted by molar-refractivity contribution is 8.01. The summed E-state index contributed by atoms with van der Waals surface area (Å²) in [5.41, 5.74) is 0. The fraction of sp³-hybridized carbons (Fsp3) is 0.700. The smallest absolute Gasteiger partial charge is 0.232 e. The summed E-state index contributed by atoms with van der Waals surface area (Å²) in [6.45, 7) is 0.565. The van der Waals surface area contributed by atoms with Crippen molar-refractivity contribution < 1.29 is 8.42 Å². The third-order valence-electron chi connectivity index (χ3n) is 2.82. The molecule has 0 bridgehead atoms. The van der Waals surface area contributed by atoms with Crippen molar-refractivity contribution in [3.05, 3.63) is 5.28 Å². The van der Waals surface area contributed by atoms with Crippen molar-refractivity contribution in [2.75, 3.05) is 48.2 Å². The van der Waals surface area contributed by atoms with Gasteiger partial charge in [-0.25, -0.2) is 8.42 Å². The molecular formula is C10H16ClN5O2S2. The van der Waals surface area contributed by atoms with Gasteiger partial charge in [-0.05, 0) is 11.6 Å². The highest BCUT2D eigenvalue weighted by Crippen LogP contribution is 2.25. The number of hydrogen-bond acceptors (Lipinski definition) is 8. The molecule has 1 aromatic rings. The summed E-state index contributed by atoms with van der Waals surface area (Å²) in [7, 11) is 0.353. The average Bonchev–Trinajstić information content (AvgIpc) is 2.37. The number of nitrogens with zero attached hydrogens (tertiary/aromatic N) is 5. The van der Waals surface area contributed by atoms with Crippen LogP contribution in [0, 0.1) is 0 Å². The summed E-state index contributed by atoms with van der Waals surface area (Å²) in [5, 5.41) is -0.570. The summed E-state index contributed by atoms with van der Waals surface area (Å²) in [6.07, 6.45) is 1.23. The molecule has 20 heavy (non-hydrogen) atoms. The predicted octanol–water partition coefficient (Wildman–Crippen LogP) is 0.515. The Morgan fingerprint density at radius 1 is 1.35 bits per heavy atom. The van der Waals surface area contributed by atoms with Crippen molar-refractivity contribution in [1.82, 2.24) is 15.0 Å². The Balaban J connectivity index is 2.42. The van der Waals surface area contributed by atoms with E-state index >= 15 is 0 Å². The molecule has 1 saturated heterocycles. The van der Waals surface area contributed by atoms with E-state index in [0.717, 1.165) is 5.75 Å². The van der Waals surface area contributed by atoms with Gasteiger partial charge in [-0.1, -0.05) is 0 Å². The summed E-state index contributed by atoms with van der Waals surface area (Å²) in [4.78, 5) is 15.8. The second-order valence-corrected chi connectivity index (χ2v) is 8.34. The lowest BCUT2D eigenvalue weighted by Gasteiger charge is -2.34. The molecule has 1 atom stereocenters. The Morgan fingerprint density at radius 2 is 2.05 bits per heavy atom. The van der Waals surface area contributed by atoms with Crippen molar-refractivity contribution >= 4 is 45.1 Å². The average molecular weight is 338 g/mol. The van der Waals surface area contributed by atoms with Gasteiger partial charge in [-0.3, -0.25) is 0 Å². The molecule has 7 nitrogen and oxygen atoms in total. The maximum atomic E-state index is 11.9. The van der Waals surface area contributed by atoms with Crippen molar-refractivity contribution in [2.45, 2.75) is 5.37 Å². The molecule has 112 valence electrons. The molecule has 2 rings (SSSR count). The van der Waals surface area contributed by atoms with Crippen molar-refractivity contribution in [3.8, 4) is 0 Å². The number of sulfone groups is 1. The number of aromatic nitrogens is 3. The molecule has 2 heterocycles. The molecule has 1 unspecified atom stereocenters. The first kappa shape index (κ1) is 15.6. The maximum Gasteiger partial charge on any atom is 0.232 e. The Kier molecular flexibility index (Phi) is 4.60. The van der Waals surface area contributed by atoms with E-state index in [1.807, 2.05) is 0 Å². The number of anilines is 2. The summed E-state index contributed by atoms with van der Waals surface area (Å²) >= 11 is 7.51. The maximum absolute atomic E-state index is 11.9. The van der Waals surface area contributed by atoms with Gasteiger partial charge in [0.15, 0.2) is 9.84 Å². The highest BCUT2D eigenvalue weighted by Gasteiger charge is 2.33. The van der Waals surface area contributed by atoms with Crippen LogP contribution in [0.3, 0.4) is 0 Å². The van der Waals surface area contributed by atoms with Crippen molar-refractivity contribution in [1.29, 1.82) is 0 Å². The predicted molar refractivity (Wildman–Crippen MR) is 82.5 cm³/mol. The normalized spacial score (nSPS) is 20.0. The van der Waals surface area contributed by atoms with Gasteiger partial charge in [0.2, 0.25) is 17.2 Å². The summed E-state index contributed by atoms with van der Waals surface area (Å²) in [5.74, 6) is 2.04. The molecule has 1 aliphatic rings. The zero-order valence-electron chi connectivity index (χ0n) is 11.4. The van der Waals surface area contributed by atoms with Gasteiger partial charge >= 0.3 is 0 Å². The van der Waals surface area contributed by atoms with E-state index in [4.69, 9.17) is 11.6 Å². The van der Waals surface area contributed by atoms with Gasteiger partial charge in [-0.2, -0.15) is 26.7 Å². The minimum atomic E-state index is -3.22. The Labute approximate surface area is 127 Å². The van der Waals surface area contributed by atoms with Crippen LogP contribution in [0.1, 0.15) is 0 Å². The fourth-order valence-electron chi connectivity index (χ4n) is 1.82. The third-order valence-corrected chi connectivity index (χ3v) is 5.63. The molecule has 0 aliphatic carbocycles. The Bertz CT molecular complexity index is 595. The monoisotopic (exact) mass is 337 g/mol. The highest BCUT2D eigenvalue weighted by atomic mass is 35.5. The van der Waals surface area contributed by atoms with Crippen molar-refractivity contribution in [3.63, 3.8) is 0 Å². The quantitative estimate of drug-likeness (QED) is 0.789. The van der Waals surface area contributed by atoms with Crippen LogP contribution >= 0.6 is 23.4 Å². The second-order valence-electron chi connectivity index (χ2n) is 4.65. The van der Waals surface area contributed by atoms with Crippen LogP contribution in [0.15, 0.2) is 0 Å². The van der Waals surface area contributed by atoms with Gasteiger partial charge in [-0.15, -0.1) is 0 Å². The zero-order valence-corrected chi connectivity index (χ0v) is 13.8. The van der Waals surface area contributed by atoms with E-state index in [1.54, 1.807) is 35.7 Å². The number of halogens is 1. The first-order chi connectivity index (χ1) is 9.29. The largest absolute Gasteiger partial charge is 0.347 e. The zero-order chi connectivity index (χ0) is 14.9. The van der Waals surface area contributed by atoms with E-state index in [1.165, 1.54) is 6.26 Å². The molecule has 10 heteroatoms. The van der Waals surface area contributed by atoms with Crippen LogP contribution in [0.2, 0.25) is 5.28 Å². The van der Waals surface area contributed by atoms with E-state index in [2.05, 4.69) is 15.0 Å². The number of rotatable bonds is 3. The van der Waals surface area contributed by atoms with E-state index in [-0.39, 0.29) is 5.28 Å². The first-order valence-corrected chi connectivity index (χ1v) is 9.40. The van der Waals surface area contributed by atoms with Crippen LogP contribution < -0.4 is 9.80 Å². The Morgan fingerprint density at radius 3 is 2.65 bits per heavy atom. The van der Waals surface area contributed by atoms with Crippen LogP contribution in [-0.4, -0.2) is 67.1 Å². The third kappa shape index (κ3) is 3.44. The SMILES string of the molecule is CN(C)c1nc(Cl)nc(N2CCSCC2S(C)(=O)=O)n1. The molecule has 0 saturated carbocycles. The lowest BCUT2D eigenvalue weighted by Crippen LogP contribution is -2.48. The number of thioether (sulfide) groups is 1. The molecule has 0 radical (unpaired) electrons. The molecule has 0 N–H and O–H groups in total. The van der Waals surface area contributed by atoms with E-state index in [9.17, 15) is 8.42 Å². The molecule has 1 fully saturated rings. The molecule has 0 aromatic carbocycles. The van der Waals surface area contributed by atoms with Gasteiger partial charge in [0.25, 0.3) is 0 Å². The minimum Gasteiger partial charge on any atom is -0.347 e. The van der Waals surface area contributed by atoms with Gasteiger partial charge < -0.3 is 9.80 Å². The lowest BCUT2D eigenvalue weighted by molar-refractivity contribution is 0.582. The number of hydrogen-bond donors (Lipinski definition) is 0.